The van der Waals surface area contributed by atoms with E-state index in [1.54, 1.807) is 7.11 Å². The van der Waals surface area contributed by atoms with Gasteiger partial charge in [0.25, 0.3) is 0 Å². The largest absolute Gasteiger partial charge is 0.496 e. The molecule has 1 atom stereocenters. The normalized spacial score (nSPS) is 12.2. The highest BCUT2D eigenvalue weighted by molar-refractivity contribution is 5.37. The molecule has 0 aliphatic carbocycles. The van der Waals surface area contributed by atoms with Crippen LogP contribution in [0, 0.1) is 6.92 Å². The first-order valence-corrected chi connectivity index (χ1v) is 6.04. The molecule has 0 saturated heterocycles. The van der Waals surface area contributed by atoms with Crippen molar-refractivity contribution in [3.63, 3.8) is 0 Å². The van der Waals surface area contributed by atoms with Crippen LogP contribution in [0.2, 0.25) is 0 Å². The van der Waals surface area contributed by atoms with E-state index in [1.807, 2.05) is 13.1 Å². The number of hydrogen-bond acceptors (Lipinski definition) is 2. The van der Waals surface area contributed by atoms with Crippen LogP contribution in [0.3, 0.4) is 0 Å². The second-order valence-corrected chi connectivity index (χ2v) is 4.57. The fourth-order valence-electron chi connectivity index (χ4n) is 1.99. The van der Waals surface area contributed by atoms with Gasteiger partial charge in [0.05, 0.1) is 7.11 Å². The van der Waals surface area contributed by atoms with Crippen LogP contribution in [0.4, 0.5) is 0 Å². The monoisotopic (exact) mass is 233 g/mol. The van der Waals surface area contributed by atoms with Gasteiger partial charge in [-0.05, 0) is 50.9 Å². The molecular weight excluding hydrogens is 210 g/mol. The van der Waals surface area contributed by atoms with E-state index in [-0.39, 0.29) is 0 Å². The molecule has 1 aromatic rings. The molecule has 0 amide bonds. The van der Waals surface area contributed by atoms with Crippen molar-refractivity contribution in [3.8, 4) is 5.75 Å². The molecule has 2 heteroatoms. The number of nitrogens with one attached hydrogen (secondary N) is 1. The van der Waals surface area contributed by atoms with Crippen molar-refractivity contribution in [2.24, 2.45) is 0 Å². The highest BCUT2D eigenvalue weighted by atomic mass is 16.5. The summed E-state index contributed by atoms with van der Waals surface area (Å²) >= 11 is 0. The first-order chi connectivity index (χ1) is 8.08. The molecule has 1 N–H and O–H groups in total. The maximum Gasteiger partial charge on any atom is 0.121 e. The summed E-state index contributed by atoms with van der Waals surface area (Å²) in [5, 5.41) is 3.36. The lowest BCUT2D eigenvalue weighted by atomic mass is 9.98. The van der Waals surface area contributed by atoms with Crippen LogP contribution in [0.5, 0.6) is 5.75 Å². The van der Waals surface area contributed by atoms with Gasteiger partial charge in [-0.2, -0.15) is 0 Å². The average Bonchev–Trinajstić information content (AvgIpc) is 2.29. The standard InChI is InChI=1S/C15H23NO/c1-11(2)6-8-14(16-4)13-7-9-15(17-5)12(3)10-13/h7,9-10,14,16H,1,6,8H2,2-5H3. The summed E-state index contributed by atoms with van der Waals surface area (Å²) in [4.78, 5) is 0. The van der Waals surface area contributed by atoms with Gasteiger partial charge in [-0.1, -0.05) is 17.7 Å². The van der Waals surface area contributed by atoms with E-state index in [1.165, 1.54) is 16.7 Å². The minimum atomic E-state index is 0.385. The molecule has 0 radical (unpaired) electrons. The number of ether oxygens (including phenoxy) is 1. The lowest BCUT2D eigenvalue weighted by Gasteiger charge is -2.18. The Morgan fingerprint density at radius 1 is 1.47 bits per heavy atom. The molecule has 0 spiro atoms. The van der Waals surface area contributed by atoms with Gasteiger partial charge in [0.2, 0.25) is 0 Å². The van der Waals surface area contributed by atoms with Crippen molar-refractivity contribution in [3.05, 3.63) is 41.5 Å². The first kappa shape index (κ1) is 13.8. The van der Waals surface area contributed by atoms with Gasteiger partial charge in [0, 0.05) is 6.04 Å². The zero-order valence-corrected chi connectivity index (χ0v) is 11.3. The van der Waals surface area contributed by atoms with Crippen LogP contribution in [0.25, 0.3) is 0 Å². The molecule has 1 aromatic carbocycles. The third-order valence-corrected chi connectivity index (χ3v) is 3.03. The van der Waals surface area contributed by atoms with E-state index in [2.05, 4.69) is 37.9 Å². The lowest BCUT2D eigenvalue weighted by Crippen LogP contribution is -2.16. The summed E-state index contributed by atoms with van der Waals surface area (Å²) < 4.78 is 5.28. The fraction of sp³-hybridized carbons (Fsp3) is 0.467. The van der Waals surface area contributed by atoms with Gasteiger partial charge in [-0.15, -0.1) is 6.58 Å². The first-order valence-electron chi connectivity index (χ1n) is 6.04. The smallest absolute Gasteiger partial charge is 0.121 e. The van der Waals surface area contributed by atoms with Crippen LogP contribution >= 0.6 is 0 Å². The molecule has 0 heterocycles. The SMILES string of the molecule is C=C(C)CCC(NC)c1ccc(OC)c(C)c1. The van der Waals surface area contributed by atoms with Gasteiger partial charge in [-0.25, -0.2) is 0 Å². The Morgan fingerprint density at radius 3 is 2.65 bits per heavy atom. The van der Waals surface area contributed by atoms with Crippen LogP contribution < -0.4 is 10.1 Å². The Hall–Kier alpha value is -1.28. The molecular formula is C15H23NO. The highest BCUT2D eigenvalue weighted by Crippen LogP contribution is 2.25. The summed E-state index contributed by atoms with van der Waals surface area (Å²) in [6.07, 6.45) is 2.13. The van der Waals surface area contributed by atoms with E-state index >= 15 is 0 Å². The molecule has 0 bridgehead atoms. The van der Waals surface area contributed by atoms with E-state index < -0.39 is 0 Å². The van der Waals surface area contributed by atoms with E-state index in [0.717, 1.165) is 18.6 Å². The molecule has 1 rings (SSSR count). The van der Waals surface area contributed by atoms with Crippen LogP contribution in [0.1, 0.15) is 36.9 Å². The van der Waals surface area contributed by atoms with E-state index in [9.17, 15) is 0 Å². The maximum absolute atomic E-state index is 5.28. The molecule has 2 nitrogen and oxygen atoms in total. The summed E-state index contributed by atoms with van der Waals surface area (Å²) in [6, 6.07) is 6.75. The molecule has 0 aromatic heterocycles. The predicted molar refractivity (Wildman–Crippen MR) is 73.6 cm³/mol. The van der Waals surface area contributed by atoms with Gasteiger partial charge in [-0.3, -0.25) is 0 Å². The summed E-state index contributed by atoms with van der Waals surface area (Å²) in [5.41, 5.74) is 3.73. The highest BCUT2D eigenvalue weighted by Gasteiger charge is 2.10. The summed E-state index contributed by atoms with van der Waals surface area (Å²) in [6.45, 7) is 8.10. The van der Waals surface area contributed by atoms with Gasteiger partial charge in [0.15, 0.2) is 0 Å². The number of methoxy groups -OCH3 is 1. The second kappa shape index (κ2) is 6.45. The quantitative estimate of drug-likeness (QED) is 0.758. The molecule has 0 aliphatic rings. The van der Waals surface area contributed by atoms with Crippen molar-refractivity contribution in [2.45, 2.75) is 32.7 Å². The third-order valence-electron chi connectivity index (χ3n) is 3.03. The van der Waals surface area contributed by atoms with Crippen molar-refractivity contribution in [1.82, 2.24) is 5.32 Å². The van der Waals surface area contributed by atoms with Crippen molar-refractivity contribution >= 4 is 0 Å². The number of hydrogen-bond donors (Lipinski definition) is 1. The van der Waals surface area contributed by atoms with Crippen molar-refractivity contribution in [1.29, 1.82) is 0 Å². The average molecular weight is 233 g/mol. The van der Waals surface area contributed by atoms with Gasteiger partial charge >= 0.3 is 0 Å². The molecule has 17 heavy (non-hydrogen) atoms. The number of aryl methyl sites for hydroxylation is 1. The van der Waals surface area contributed by atoms with Crippen molar-refractivity contribution in [2.75, 3.05) is 14.2 Å². The Morgan fingerprint density at radius 2 is 2.18 bits per heavy atom. The predicted octanol–water partition coefficient (Wildman–Crippen LogP) is 3.62. The van der Waals surface area contributed by atoms with E-state index in [4.69, 9.17) is 4.74 Å². The van der Waals surface area contributed by atoms with Gasteiger partial charge < -0.3 is 10.1 Å². The molecule has 1 unspecified atom stereocenters. The summed E-state index contributed by atoms with van der Waals surface area (Å²) in [7, 11) is 3.71. The Bertz CT molecular complexity index is 385. The van der Waals surface area contributed by atoms with Crippen LogP contribution in [-0.2, 0) is 0 Å². The summed E-state index contributed by atoms with van der Waals surface area (Å²) in [5.74, 6) is 0.948. The number of rotatable bonds is 6. The molecule has 0 fully saturated rings. The Kier molecular flexibility index (Phi) is 5.23. The minimum Gasteiger partial charge on any atom is -0.496 e. The van der Waals surface area contributed by atoms with Crippen LogP contribution in [-0.4, -0.2) is 14.2 Å². The molecule has 0 saturated carbocycles. The minimum absolute atomic E-state index is 0.385. The van der Waals surface area contributed by atoms with Crippen molar-refractivity contribution < 1.29 is 4.74 Å². The van der Waals surface area contributed by atoms with Crippen LogP contribution in [0.15, 0.2) is 30.4 Å². The molecule has 0 aliphatic heterocycles. The zero-order valence-electron chi connectivity index (χ0n) is 11.3. The fourth-order valence-corrected chi connectivity index (χ4v) is 1.99. The lowest BCUT2D eigenvalue weighted by molar-refractivity contribution is 0.411. The topological polar surface area (TPSA) is 21.3 Å². The van der Waals surface area contributed by atoms with E-state index in [0.29, 0.717) is 6.04 Å². The zero-order chi connectivity index (χ0) is 12.8. The Balaban J connectivity index is 2.81. The maximum atomic E-state index is 5.28. The Labute approximate surface area is 105 Å². The second-order valence-electron chi connectivity index (χ2n) is 4.57. The third kappa shape index (κ3) is 3.90. The number of benzene rings is 1. The number of allylic oxidation sites excluding steroid dienone is 1. The van der Waals surface area contributed by atoms with Gasteiger partial charge in [0.1, 0.15) is 5.75 Å². The molecule has 94 valence electrons.